The molecule has 1 heterocycles. The summed E-state index contributed by atoms with van der Waals surface area (Å²) in [6.45, 7) is -0.423. The van der Waals surface area contributed by atoms with Gasteiger partial charge in [-0.25, -0.2) is 8.42 Å². The molecule has 4 N–H and O–H groups in total. The first-order valence-corrected chi connectivity index (χ1v) is 9.17. The number of rotatable bonds is 8. The van der Waals surface area contributed by atoms with Crippen molar-refractivity contribution in [3.05, 3.63) is 30.3 Å². The maximum atomic E-state index is 12.6. The number of aliphatic hydroxyl groups excluding tert-OH is 3. The van der Waals surface area contributed by atoms with Gasteiger partial charge in [-0.2, -0.15) is 4.31 Å². The van der Waals surface area contributed by atoms with Crippen molar-refractivity contribution in [2.45, 2.75) is 16.6 Å². The van der Waals surface area contributed by atoms with Crippen LogP contribution in [0.15, 0.2) is 35.2 Å². The van der Waals surface area contributed by atoms with Gasteiger partial charge in [-0.1, -0.05) is 18.2 Å². The minimum atomic E-state index is -3.81. The summed E-state index contributed by atoms with van der Waals surface area (Å²) in [7, 11) is -3.81. The molecule has 9 heteroatoms. The quantitative estimate of drug-likeness (QED) is 0.426. The SMILES string of the molecule is O=S(=O)(c1ccccc1)N1C[C@@H](O)[C@](O)(CN(CCO)CCO)C1. The second-order valence-corrected chi connectivity index (χ2v) is 7.89. The minimum absolute atomic E-state index is 0.0455. The highest BCUT2D eigenvalue weighted by Gasteiger charge is 2.49. The van der Waals surface area contributed by atoms with E-state index < -0.39 is 21.7 Å². The molecule has 1 aliphatic heterocycles. The summed E-state index contributed by atoms with van der Waals surface area (Å²) in [6, 6.07) is 7.84. The molecule has 1 aromatic rings. The van der Waals surface area contributed by atoms with E-state index in [2.05, 4.69) is 0 Å². The van der Waals surface area contributed by atoms with Gasteiger partial charge in [0.1, 0.15) is 5.60 Å². The zero-order valence-electron chi connectivity index (χ0n) is 13.3. The summed E-state index contributed by atoms with van der Waals surface area (Å²) in [5, 5.41) is 39.0. The van der Waals surface area contributed by atoms with E-state index in [1.54, 1.807) is 23.1 Å². The van der Waals surface area contributed by atoms with Crippen LogP contribution in [0.2, 0.25) is 0 Å². The second kappa shape index (κ2) is 7.87. The average molecular weight is 360 g/mol. The molecule has 24 heavy (non-hydrogen) atoms. The molecule has 0 aliphatic carbocycles. The lowest BCUT2D eigenvalue weighted by Gasteiger charge is -2.32. The topological polar surface area (TPSA) is 122 Å². The Morgan fingerprint density at radius 2 is 1.75 bits per heavy atom. The molecule has 0 amide bonds. The van der Waals surface area contributed by atoms with Crippen molar-refractivity contribution >= 4 is 10.0 Å². The Bertz CT molecular complexity index is 620. The van der Waals surface area contributed by atoms with Crippen LogP contribution in [0.1, 0.15) is 0 Å². The molecule has 0 radical (unpaired) electrons. The van der Waals surface area contributed by atoms with Gasteiger partial charge in [-0.15, -0.1) is 0 Å². The molecule has 0 bridgehead atoms. The van der Waals surface area contributed by atoms with Crippen LogP contribution in [-0.2, 0) is 10.0 Å². The number of hydrogen-bond donors (Lipinski definition) is 4. The number of sulfonamides is 1. The summed E-state index contributed by atoms with van der Waals surface area (Å²) in [6.07, 6.45) is -1.25. The standard InChI is InChI=1S/C15H24N2O6S/c18-8-6-16(7-9-19)11-15(21)12-17(10-14(15)20)24(22,23)13-4-2-1-3-5-13/h1-5,14,18-21H,6-12H2/t14-,15+/m1/s1. The zero-order chi connectivity index (χ0) is 17.8. The number of hydrogen-bond acceptors (Lipinski definition) is 7. The molecule has 1 saturated heterocycles. The Balaban J connectivity index is 2.16. The Kier molecular flexibility index (Phi) is 6.32. The van der Waals surface area contributed by atoms with Gasteiger partial charge in [0.25, 0.3) is 0 Å². The molecule has 2 atom stereocenters. The maximum absolute atomic E-state index is 12.6. The molecule has 0 spiro atoms. The van der Waals surface area contributed by atoms with E-state index in [4.69, 9.17) is 10.2 Å². The van der Waals surface area contributed by atoms with Crippen LogP contribution in [0.4, 0.5) is 0 Å². The Hall–Kier alpha value is -1.07. The van der Waals surface area contributed by atoms with Crippen LogP contribution in [0.3, 0.4) is 0 Å². The van der Waals surface area contributed by atoms with Gasteiger partial charge in [-0.05, 0) is 12.1 Å². The molecule has 0 aromatic heterocycles. The molecule has 0 saturated carbocycles. The van der Waals surface area contributed by atoms with E-state index in [9.17, 15) is 18.6 Å². The molecule has 1 aromatic carbocycles. The highest BCUT2D eigenvalue weighted by molar-refractivity contribution is 7.89. The largest absolute Gasteiger partial charge is 0.395 e. The van der Waals surface area contributed by atoms with E-state index >= 15 is 0 Å². The Labute approximate surface area is 141 Å². The third-order valence-corrected chi connectivity index (χ3v) is 5.98. The molecule has 8 nitrogen and oxygen atoms in total. The van der Waals surface area contributed by atoms with Crippen molar-refractivity contribution in [1.82, 2.24) is 9.21 Å². The van der Waals surface area contributed by atoms with Crippen molar-refractivity contribution in [2.24, 2.45) is 0 Å². The number of aliphatic hydroxyl groups is 4. The fourth-order valence-electron chi connectivity index (χ4n) is 2.86. The van der Waals surface area contributed by atoms with Gasteiger partial charge in [0.2, 0.25) is 10.0 Å². The number of β-amino-alcohol motifs (C(OH)–C–C–N with tert-alkyl or cyclic N) is 2. The molecule has 1 fully saturated rings. The Morgan fingerprint density at radius 1 is 1.17 bits per heavy atom. The lowest BCUT2D eigenvalue weighted by Crippen LogP contribution is -2.52. The number of nitrogens with zero attached hydrogens (tertiary/aromatic N) is 2. The third-order valence-electron chi connectivity index (χ3n) is 4.16. The van der Waals surface area contributed by atoms with E-state index in [1.807, 2.05) is 0 Å². The lowest BCUT2D eigenvalue weighted by atomic mass is 10.00. The van der Waals surface area contributed by atoms with Gasteiger partial charge in [0.15, 0.2) is 0 Å². The second-order valence-electron chi connectivity index (χ2n) is 5.95. The molecule has 2 rings (SSSR count). The first kappa shape index (κ1) is 19.3. The maximum Gasteiger partial charge on any atom is 0.243 e. The molecular weight excluding hydrogens is 336 g/mol. The fourth-order valence-corrected chi connectivity index (χ4v) is 4.39. The monoisotopic (exact) mass is 360 g/mol. The van der Waals surface area contributed by atoms with Crippen LogP contribution in [-0.4, -0.2) is 95.7 Å². The molecule has 136 valence electrons. The van der Waals surface area contributed by atoms with Crippen molar-refractivity contribution < 1.29 is 28.8 Å². The van der Waals surface area contributed by atoms with Crippen LogP contribution < -0.4 is 0 Å². The van der Waals surface area contributed by atoms with E-state index in [-0.39, 0.29) is 50.8 Å². The van der Waals surface area contributed by atoms with Gasteiger partial charge < -0.3 is 20.4 Å². The Morgan fingerprint density at radius 3 is 2.29 bits per heavy atom. The highest BCUT2D eigenvalue weighted by atomic mass is 32.2. The van der Waals surface area contributed by atoms with Crippen LogP contribution in [0, 0.1) is 0 Å². The molecule has 1 aliphatic rings. The number of benzene rings is 1. The van der Waals surface area contributed by atoms with Crippen molar-refractivity contribution in [3.8, 4) is 0 Å². The summed E-state index contributed by atoms with van der Waals surface area (Å²) in [4.78, 5) is 1.69. The smallest absolute Gasteiger partial charge is 0.243 e. The zero-order valence-corrected chi connectivity index (χ0v) is 14.1. The van der Waals surface area contributed by atoms with Crippen LogP contribution in [0.5, 0.6) is 0 Å². The van der Waals surface area contributed by atoms with Gasteiger partial charge in [0, 0.05) is 32.7 Å². The van der Waals surface area contributed by atoms with E-state index in [0.29, 0.717) is 0 Å². The molecular formula is C15H24N2O6S. The average Bonchev–Trinajstić information content (AvgIpc) is 2.84. The summed E-state index contributed by atoms with van der Waals surface area (Å²) < 4.78 is 26.3. The lowest BCUT2D eigenvalue weighted by molar-refractivity contribution is -0.0640. The molecule has 0 unspecified atom stereocenters. The first-order chi connectivity index (χ1) is 11.3. The van der Waals surface area contributed by atoms with Crippen LogP contribution >= 0.6 is 0 Å². The van der Waals surface area contributed by atoms with Gasteiger partial charge in [0.05, 0.1) is 24.2 Å². The van der Waals surface area contributed by atoms with Gasteiger partial charge in [-0.3, -0.25) is 4.90 Å². The fraction of sp³-hybridized carbons (Fsp3) is 0.600. The predicted octanol–water partition coefficient (Wildman–Crippen LogP) is -1.93. The normalized spacial score (nSPS) is 25.5. The van der Waals surface area contributed by atoms with E-state index in [0.717, 1.165) is 4.31 Å². The third kappa shape index (κ3) is 4.12. The van der Waals surface area contributed by atoms with E-state index in [1.165, 1.54) is 12.1 Å². The van der Waals surface area contributed by atoms with Crippen molar-refractivity contribution in [2.75, 3.05) is 45.9 Å². The predicted molar refractivity (Wildman–Crippen MR) is 86.8 cm³/mol. The summed E-state index contributed by atoms with van der Waals surface area (Å²) >= 11 is 0. The van der Waals surface area contributed by atoms with Crippen LogP contribution in [0.25, 0.3) is 0 Å². The van der Waals surface area contributed by atoms with Crippen molar-refractivity contribution in [3.63, 3.8) is 0 Å². The van der Waals surface area contributed by atoms with Gasteiger partial charge >= 0.3 is 0 Å². The highest BCUT2D eigenvalue weighted by Crippen LogP contribution is 2.28. The van der Waals surface area contributed by atoms with Crippen molar-refractivity contribution in [1.29, 1.82) is 0 Å². The first-order valence-electron chi connectivity index (χ1n) is 7.73. The summed E-state index contributed by atoms with van der Waals surface area (Å²) in [5.74, 6) is 0. The summed E-state index contributed by atoms with van der Waals surface area (Å²) in [5.41, 5.74) is -1.66. The minimum Gasteiger partial charge on any atom is -0.395 e.